The first-order valence-electron chi connectivity index (χ1n) is 7.98. The molecule has 134 valence electrons. The average Bonchev–Trinajstić information content (AvgIpc) is 2.58. The molecule has 0 atom stereocenters. The number of halogens is 1. The zero-order valence-corrected chi connectivity index (χ0v) is 14.5. The van der Waals surface area contributed by atoms with Crippen LogP contribution >= 0.6 is 0 Å². The van der Waals surface area contributed by atoms with E-state index in [1.165, 1.54) is 19.2 Å². The van der Waals surface area contributed by atoms with Gasteiger partial charge in [0.2, 0.25) is 0 Å². The minimum atomic E-state index is -0.569. The molecular formula is C17H22FN5O2. The van der Waals surface area contributed by atoms with Crippen molar-refractivity contribution in [2.24, 2.45) is 0 Å². The summed E-state index contributed by atoms with van der Waals surface area (Å²) < 4.78 is 18.5. The fourth-order valence-electron chi connectivity index (χ4n) is 2.21. The van der Waals surface area contributed by atoms with E-state index in [9.17, 15) is 9.18 Å². The van der Waals surface area contributed by atoms with E-state index in [4.69, 9.17) is 4.74 Å². The number of nitrogens with zero attached hydrogens (tertiary/aromatic N) is 2. The van der Waals surface area contributed by atoms with Crippen LogP contribution in [0.5, 0.6) is 5.75 Å². The highest BCUT2D eigenvalue weighted by molar-refractivity contribution is 5.94. The van der Waals surface area contributed by atoms with E-state index in [1.807, 2.05) is 13.8 Å². The summed E-state index contributed by atoms with van der Waals surface area (Å²) in [5.41, 5.74) is 0.241. The zero-order chi connectivity index (χ0) is 18.2. The molecule has 0 spiro atoms. The lowest BCUT2D eigenvalue weighted by molar-refractivity contribution is 0.0954. The Hall–Kier alpha value is -2.90. The standard InChI is InChI=1S/C17H22FN5O2/c1-4-19-15-10-16(23-11(2)22-15)20-7-8-21-17(24)12-5-6-14(25-3)13(18)9-12/h5-6,9-10H,4,7-8H2,1-3H3,(H,21,24)(H2,19,20,22,23). The molecule has 1 heterocycles. The number of anilines is 2. The molecule has 7 nitrogen and oxygen atoms in total. The molecule has 1 amide bonds. The first-order valence-corrected chi connectivity index (χ1v) is 7.98. The SMILES string of the molecule is CCNc1cc(NCCNC(=O)c2ccc(OC)c(F)c2)nc(C)n1. The second-order valence-corrected chi connectivity index (χ2v) is 5.25. The molecule has 2 aromatic rings. The van der Waals surface area contributed by atoms with Gasteiger partial charge in [-0.05, 0) is 32.0 Å². The van der Waals surface area contributed by atoms with Crippen molar-refractivity contribution in [3.8, 4) is 5.75 Å². The fourth-order valence-corrected chi connectivity index (χ4v) is 2.21. The molecule has 8 heteroatoms. The van der Waals surface area contributed by atoms with Crippen LogP contribution in [0.2, 0.25) is 0 Å². The quantitative estimate of drug-likeness (QED) is 0.635. The number of nitrogens with one attached hydrogen (secondary N) is 3. The summed E-state index contributed by atoms with van der Waals surface area (Å²) in [4.78, 5) is 20.6. The topological polar surface area (TPSA) is 88.2 Å². The number of aromatic nitrogens is 2. The lowest BCUT2D eigenvalue weighted by Crippen LogP contribution is -2.29. The average molecular weight is 347 g/mol. The number of aryl methyl sites for hydroxylation is 1. The molecule has 0 aliphatic rings. The number of hydrogen-bond donors (Lipinski definition) is 3. The van der Waals surface area contributed by atoms with Crippen molar-refractivity contribution < 1.29 is 13.9 Å². The Morgan fingerprint density at radius 3 is 2.52 bits per heavy atom. The molecule has 3 N–H and O–H groups in total. The molecule has 1 aromatic carbocycles. The highest BCUT2D eigenvalue weighted by atomic mass is 19.1. The third-order valence-corrected chi connectivity index (χ3v) is 3.33. The zero-order valence-electron chi connectivity index (χ0n) is 14.5. The van der Waals surface area contributed by atoms with Gasteiger partial charge in [0.05, 0.1) is 7.11 Å². The number of benzene rings is 1. The highest BCUT2D eigenvalue weighted by Gasteiger charge is 2.09. The molecule has 0 aliphatic heterocycles. The van der Waals surface area contributed by atoms with Gasteiger partial charge in [0.15, 0.2) is 11.6 Å². The Morgan fingerprint density at radius 2 is 1.88 bits per heavy atom. The minimum absolute atomic E-state index is 0.105. The molecule has 0 saturated carbocycles. The van der Waals surface area contributed by atoms with E-state index in [-0.39, 0.29) is 17.2 Å². The van der Waals surface area contributed by atoms with Crippen LogP contribution in [0.15, 0.2) is 24.3 Å². The second kappa shape index (κ2) is 8.81. The Balaban J connectivity index is 1.84. The van der Waals surface area contributed by atoms with Crippen LogP contribution in [0.25, 0.3) is 0 Å². The molecular weight excluding hydrogens is 325 g/mol. The summed E-state index contributed by atoms with van der Waals surface area (Å²) in [6, 6.07) is 5.89. The van der Waals surface area contributed by atoms with Crippen LogP contribution < -0.4 is 20.7 Å². The van der Waals surface area contributed by atoms with Gasteiger partial charge in [-0.1, -0.05) is 0 Å². The van der Waals surface area contributed by atoms with Crippen molar-refractivity contribution in [1.29, 1.82) is 0 Å². The number of amides is 1. The van der Waals surface area contributed by atoms with Crippen LogP contribution in [0.1, 0.15) is 23.1 Å². The van der Waals surface area contributed by atoms with Crippen LogP contribution in [0.3, 0.4) is 0 Å². The maximum absolute atomic E-state index is 13.6. The molecule has 0 unspecified atom stereocenters. The van der Waals surface area contributed by atoms with Gasteiger partial charge in [-0.2, -0.15) is 0 Å². The van der Waals surface area contributed by atoms with E-state index in [0.29, 0.717) is 24.7 Å². The number of ether oxygens (including phenoxy) is 1. The molecule has 2 rings (SSSR count). The maximum Gasteiger partial charge on any atom is 0.251 e. The fraction of sp³-hybridized carbons (Fsp3) is 0.353. The van der Waals surface area contributed by atoms with E-state index < -0.39 is 5.82 Å². The van der Waals surface area contributed by atoms with Gasteiger partial charge >= 0.3 is 0 Å². The third-order valence-electron chi connectivity index (χ3n) is 3.33. The lowest BCUT2D eigenvalue weighted by Gasteiger charge is -2.10. The summed E-state index contributed by atoms with van der Waals surface area (Å²) in [5.74, 6) is 1.26. The van der Waals surface area contributed by atoms with E-state index in [2.05, 4.69) is 25.9 Å². The van der Waals surface area contributed by atoms with Gasteiger partial charge in [-0.25, -0.2) is 14.4 Å². The van der Waals surface area contributed by atoms with Crippen molar-refractivity contribution in [2.45, 2.75) is 13.8 Å². The van der Waals surface area contributed by atoms with Crippen molar-refractivity contribution in [1.82, 2.24) is 15.3 Å². The van der Waals surface area contributed by atoms with Gasteiger partial charge in [-0.15, -0.1) is 0 Å². The predicted octanol–water partition coefficient (Wildman–Crippen LogP) is 2.21. The number of carbonyl (C=O) groups is 1. The van der Waals surface area contributed by atoms with Crippen molar-refractivity contribution in [3.05, 3.63) is 41.5 Å². The van der Waals surface area contributed by atoms with Crippen LogP contribution in [0.4, 0.5) is 16.0 Å². The number of carbonyl (C=O) groups excluding carboxylic acids is 1. The molecule has 1 aromatic heterocycles. The molecule has 0 bridgehead atoms. The first-order chi connectivity index (χ1) is 12.0. The molecule has 0 aliphatic carbocycles. The Kier molecular flexibility index (Phi) is 6.50. The van der Waals surface area contributed by atoms with Crippen LogP contribution in [0, 0.1) is 12.7 Å². The first kappa shape index (κ1) is 18.4. The summed E-state index contributed by atoms with van der Waals surface area (Å²) in [7, 11) is 1.38. The summed E-state index contributed by atoms with van der Waals surface area (Å²) in [5, 5.41) is 8.97. The van der Waals surface area contributed by atoms with Gasteiger partial charge in [0, 0.05) is 31.3 Å². The summed E-state index contributed by atoms with van der Waals surface area (Å²) in [6.45, 7) is 5.41. The van der Waals surface area contributed by atoms with Gasteiger partial charge in [-0.3, -0.25) is 4.79 Å². The Labute approximate surface area is 146 Å². The van der Waals surface area contributed by atoms with Crippen molar-refractivity contribution in [2.75, 3.05) is 37.4 Å². The largest absolute Gasteiger partial charge is 0.494 e. The normalized spacial score (nSPS) is 10.2. The highest BCUT2D eigenvalue weighted by Crippen LogP contribution is 2.17. The number of hydrogen-bond acceptors (Lipinski definition) is 6. The summed E-state index contributed by atoms with van der Waals surface area (Å²) in [6.07, 6.45) is 0. The smallest absolute Gasteiger partial charge is 0.251 e. The Bertz CT molecular complexity index is 739. The third kappa shape index (κ3) is 5.30. The van der Waals surface area contributed by atoms with Gasteiger partial charge in [0.25, 0.3) is 5.91 Å². The van der Waals surface area contributed by atoms with Crippen molar-refractivity contribution in [3.63, 3.8) is 0 Å². The second-order valence-electron chi connectivity index (χ2n) is 5.25. The van der Waals surface area contributed by atoms with Crippen LogP contribution in [-0.2, 0) is 0 Å². The number of methoxy groups -OCH3 is 1. The van der Waals surface area contributed by atoms with Crippen LogP contribution in [-0.4, -0.2) is 42.6 Å². The monoisotopic (exact) mass is 347 g/mol. The van der Waals surface area contributed by atoms with Gasteiger partial charge in [0.1, 0.15) is 17.5 Å². The van der Waals surface area contributed by atoms with Crippen molar-refractivity contribution >= 4 is 17.5 Å². The number of rotatable bonds is 8. The van der Waals surface area contributed by atoms with Gasteiger partial charge < -0.3 is 20.7 Å². The minimum Gasteiger partial charge on any atom is -0.494 e. The van der Waals surface area contributed by atoms with E-state index >= 15 is 0 Å². The predicted molar refractivity (Wildman–Crippen MR) is 94.7 cm³/mol. The molecule has 0 radical (unpaired) electrons. The molecule has 0 fully saturated rings. The summed E-state index contributed by atoms with van der Waals surface area (Å²) >= 11 is 0. The Morgan fingerprint density at radius 1 is 1.16 bits per heavy atom. The van der Waals surface area contributed by atoms with E-state index in [0.717, 1.165) is 18.4 Å². The lowest BCUT2D eigenvalue weighted by atomic mass is 10.2. The maximum atomic E-state index is 13.6. The molecule has 25 heavy (non-hydrogen) atoms. The molecule has 0 saturated heterocycles. The van der Waals surface area contributed by atoms with E-state index in [1.54, 1.807) is 6.07 Å².